The summed E-state index contributed by atoms with van der Waals surface area (Å²) in [5, 5.41) is 0. The summed E-state index contributed by atoms with van der Waals surface area (Å²) in [6, 6.07) is 0. The Morgan fingerprint density at radius 2 is 0.714 bits per heavy atom. The summed E-state index contributed by atoms with van der Waals surface area (Å²) >= 11 is 7.72. The summed E-state index contributed by atoms with van der Waals surface area (Å²) in [4.78, 5) is 5.84. The standard InChI is InChI=1S/C10H12S4/c1-5-6(2)12-9(11-5)10-13-7(3)8(4)14-10/h1-4H3/i1+1,2+1,3+1,4+1. The molecule has 0 saturated heterocycles. The third-order valence-corrected chi connectivity index (χ3v) is 7.92. The van der Waals surface area contributed by atoms with Crippen LogP contribution >= 0.6 is 47.0 Å². The molecular weight excluding hydrogens is 252 g/mol. The molecule has 0 amide bonds. The molecule has 0 atom stereocenters. The second-order valence-electron chi connectivity index (χ2n) is 3.21. The molecule has 2 aliphatic rings. The van der Waals surface area contributed by atoms with Gasteiger partial charge < -0.3 is 0 Å². The number of allylic oxidation sites excluding steroid dienone is 4. The van der Waals surface area contributed by atoms with Crippen LogP contribution in [0, 0.1) is 0 Å². The van der Waals surface area contributed by atoms with Crippen molar-refractivity contribution in [1.29, 1.82) is 0 Å². The van der Waals surface area contributed by atoms with Gasteiger partial charge in [-0.3, -0.25) is 0 Å². The predicted octanol–water partition coefficient (Wildman–Crippen LogP) is 5.58. The van der Waals surface area contributed by atoms with E-state index in [0.29, 0.717) is 0 Å². The van der Waals surface area contributed by atoms with E-state index < -0.39 is 0 Å². The average molecular weight is 264 g/mol. The van der Waals surface area contributed by atoms with Crippen molar-refractivity contribution in [1.82, 2.24) is 0 Å². The molecule has 2 rings (SSSR count). The lowest BCUT2D eigenvalue weighted by Crippen LogP contribution is -1.66. The number of hydrogen-bond donors (Lipinski definition) is 0. The van der Waals surface area contributed by atoms with Crippen LogP contribution in [0.2, 0.25) is 0 Å². The lowest BCUT2D eigenvalue weighted by molar-refractivity contribution is 1.57. The average Bonchev–Trinajstić information content (AvgIpc) is 2.60. The van der Waals surface area contributed by atoms with E-state index >= 15 is 0 Å². The number of rotatable bonds is 0. The van der Waals surface area contributed by atoms with Gasteiger partial charge in [0, 0.05) is 0 Å². The molecule has 0 aromatic heterocycles. The summed E-state index contributed by atoms with van der Waals surface area (Å²) in [5.41, 5.74) is 0. The quantitative estimate of drug-likeness (QED) is 0.524. The fourth-order valence-corrected chi connectivity index (χ4v) is 6.41. The van der Waals surface area contributed by atoms with Crippen molar-refractivity contribution < 1.29 is 0 Å². The minimum Gasteiger partial charge on any atom is -0.0849 e. The van der Waals surface area contributed by atoms with E-state index in [1.54, 1.807) is 0 Å². The molecule has 0 bridgehead atoms. The van der Waals surface area contributed by atoms with Crippen LogP contribution in [0.15, 0.2) is 28.1 Å². The molecule has 4 heteroatoms. The van der Waals surface area contributed by atoms with Crippen molar-refractivity contribution in [3.8, 4) is 0 Å². The Kier molecular flexibility index (Phi) is 3.37. The normalized spacial score (nSPS) is 23.1. The Bertz CT molecular complexity index is 306. The highest BCUT2D eigenvalue weighted by Crippen LogP contribution is 2.59. The number of thioether (sulfide) groups is 4. The van der Waals surface area contributed by atoms with Gasteiger partial charge >= 0.3 is 0 Å². The lowest BCUT2D eigenvalue weighted by Gasteiger charge is -2.00. The Labute approximate surface area is 102 Å². The zero-order valence-electron chi connectivity index (χ0n) is 8.63. The molecule has 2 heterocycles. The first-order valence-corrected chi connectivity index (χ1v) is 7.65. The van der Waals surface area contributed by atoms with Crippen molar-refractivity contribution in [2.75, 3.05) is 0 Å². The summed E-state index contributed by atoms with van der Waals surface area (Å²) in [7, 11) is 0. The van der Waals surface area contributed by atoms with E-state index in [1.807, 2.05) is 47.0 Å². The van der Waals surface area contributed by atoms with Crippen LogP contribution in [0.5, 0.6) is 0 Å². The fraction of sp³-hybridized carbons (Fsp3) is 0.400. The molecular formula is C10H12S4. The van der Waals surface area contributed by atoms with Gasteiger partial charge in [0.2, 0.25) is 0 Å². The summed E-state index contributed by atoms with van der Waals surface area (Å²) in [6.07, 6.45) is 0. The van der Waals surface area contributed by atoms with Crippen molar-refractivity contribution in [3.05, 3.63) is 28.1 Å². The highest BCUT2D eigenvalue weighted by molar-refractivity contribution is 8.34. The molecule has 0 aliphatic carbocycles. The van der Waals surface area contributed by atoms with Gasteiger partial charge in [-0.2, -0.15) is 0 Å². The van der Waals surface area contributed by atoms with Gasteiger partial charge in [0.15, 0.2) is 0 Å². The molecule has 0 fully saturated rings. The summed E-state index contributed by atoms with van der Waals surface area (Å²) in [6.45, 7) is 8.83. The minimum absolute atomic E-state index is 1.46. The van der Waals surface area contributed by atoms with Gasteiger partial charge in [-0.1, -0.05) is 47.0 Å². The van der Waals surface area contributed by atoms with E-state index in [0.717, 1.165) is 0 Å². The minimum atomic E-state index is 1.46. The van der Waals surface area contributed by atoms with Crippen LogP contribution < -0.4 is 0 Å². The smallest absolute Gasteiger partial charge is 0.0699 e. The largest absolute Gasteiger partial charge is 0.0849 e. The van der Waals surface area contributed by atoms with Crippen LogP contribution in [0.3, 0.4) is 0 Å². The SMILES string of the molecule is [13CH3]C1=C([13CH3])SC(=C2SC([13CH3])=C([13CH3])S2)S1. The maximum atomic E-state index is 2.21. The molecule has 14 heavy (non-hydrogen) atoms. The maximum absolute atomic E-state index is 2.21. The Morgan fingerprint density at radius 3 is 0.929 bits per heavy atom. The predicted molar refractivity (Wildman–Crippen MR) is 74.1 cm³/mol. The number of hydrogen-bond acceptors (Lipinski definition) is 4. The zero-order valence-corrected chi connectivity index (χ0v) is 11.9. The van der Waals surface area contributed by atoms with Gasteiger partial charge in [-0.25, -0.2) is 0 Å². The van der Waals surface area contributed by atoms with Crippen LogP contribution in [0.25, 0.3) is 0 Å². The van der Waals surface area contributed by atoms with Crippen molar-refractivity contribution in [2.24, 2.45) is 0 Å². The van der Waals surface area contributed by atoms with E-state index in [9.17, 15) is 0 Å². The van der Waals surface area contributed by atoms with Crippen LogP contribution in [-0.2, 0) is 0 Å². The van der Waals surface area contributed by atoms with E-state index in [4.69, 9.17) is 0 Å². The second-order valence-corrected chi connectivity index (χ2v) is 8.62. The Hall–Kier alpha value is 0.620. The van der Waals surface area contributed by atoms with Crippen LogP contribution in [0.1, 0.15) is 27.7 Å². The van der Waals surface area contributed by atoms with E-state index in [1.165, 1.54) is 28.1 Å². The third kappa shape index (κ3) is 2.08. The Morgan fingerprint density at radius 1 is 0.500 bits per heavy atom. The zero-order chi connectivity index (χ0) is 10.3. The van der Waals surface area contributed by atoms with Crippen molar-refractivity contribution >= 4 is 47.0 Å². The van der Waals surface area contributed by atoms with E-state index in [2.05, 4.69) is 27.7 Å². The lowest BCUT2D eigenvalue weighted by atomic mass is 10.8. The third-order valence-electron chi connectivity index (χ3n) is 2.14. The molecule has 0 saturated carbocycles. The molecule has 0 radical (unpaired) electrons. The van der Waals surface area contributed by atoms with Gasteiger partial charge in [0.25, 0.3) is 0 Å². The van der Waals surface area contributed by atoms with Gasteiger partial charge in [-0.05, 0) is 47.3 Å². The summed E-state index contributed by atoms with van der Waals surface area (Å²) < 4.78 is 2.96. The first-order chi connectivity index (χ1) is 6.58. The molecule has 0 aromatic carbocycles. The molecule has 76 valence electrons. The first-order valence-electron chi connectivity index (χ1n) is 4.38. The molecule has 0 N–H and O–H groups in total. The molecule has 0 aromatic rings. The molecule has 0 unspecified atom stereocenters. The van der Waals surface area contributed by atoms with E-state index in [-0.39, 0.29) is 0 Å². The van der Waals surface area contributed by atoms with Gasteiger partial charge in [0.1, 0.15) is 0 Å². The van der Waals surface area contributed by atoms with Gasteiger partial charge in [-0.15, -0.1) is 0 Å². The fourth-order valence-electron chi connectivity index (χ4n) is 1.05. The first kappa shape index (κ1) is 11.1. The van der Waals surface area contributed by atoms with Crippen molar-refractivity contribution in [2.45, 2.75) is 27.7 Å². The second kappa shape index (κ2) is 4.24. The molecule has 2 aliphatic heterocycles. The van der Waals surface area contributed by atoms with Gasteiger partial charge in [0.05, 0.1) is 8.47 Å². The topological polar surface area (TPSA) is 0 Å². The Balaban J connectivity index is 2.17. The highest BCUT2D eigenvalue weighted by Gasteiger charge is 2.23. The van der Waals surface area contributed by atoms with Crippen LogP contribution in [0.4, 0.5) is 0 Å². The maximum Gasteiger partial charge on any atom is 0.0699 e. The summed E-state index contributed by atoms with van der Waals surface area (Å²) in [5.74, 6) is 0. The molecule has 0 spiro atoms. The highest BCUT2D eigenvalue weighted by atomic mass is 32.2. The van der Waals surface area contributed by atoms with Crippen LogP contribution in [-0.4, -0.2) is 0 Å². The molecule has 0 nitrogen and oxygen atoms in total. The van der Waals surface area contributed by atoms with Crippen molar-refractivity contribution in [3.63, 3.8) is 0 Å². The monoisotopic (exact) mass is 264 g/mol.